The number of thiol groups is 1. The van der Waals surface area contributed by atoms with Crippen LogP contribution in [0.1, 0.15) is 33.1 Å². The average Bonchev–Trinajstić information content (AvgIpc) is 2.66. The number of carboxylic acid groups (broad SMARTS) is 1. The highest BCUT2D eigenvalue weighted by atomic mass is 32.1. The molecule has 0 aliphatic heterocycles. The fraction of sp³-hybridized carbons (Fsp3) is 0.706. The van der Waals surface area contributed by atoms with Crippen molar-refractivity contribution in [2.45, 2.75) is 57.3 Å². The minimum atomic E-state index is -1.42. The van der Waals surface area contributed by atoms with Crippen LogP contribution in [0.4, 0.5) is 0 Å². The summed E-state index contributed by atoms with van der Waals surface area (Å²) in [7, 11) is 0. The first-order valence-corrected chi connectivity index (χ1v) is 9.95. The maximum absolute atomic E-state index is 12.3. The van der Waals surface area contributed by atoms with E-state index in [0.717, 1.165) is 0 Å². The van der Waals surface area contributed by atoms with Gasteiger partial charge in [0.1, 0.15) is 18.1 Å². The van der Waals surface area contributed by atoms with E-state index >= 15 is 0 Å². The van der Waals surface area contributed by atoms with Crippen molar-refractivity contribution >= 4 is 42.2 Å². The second kappa shape index (κ2) is 13.8. The summed E-state index contributed by atoms with van der Waals surface area (Å²) in [6.07, 6.45) is 0.00938. The lowest BCUT2D eigenvalue weighted by Crippen LogP contribution is -2.58. The lowest BCUT2D eigenvalue weighted by molar-refractivity contribution is -0.142. The number of aliphatic hydroxyl groups is 1. The van der Waals surface area contributed by atoms with E-state index in [2.05, 4.69) is 28.6 Å². The van der Waals surface area contributed by atoms with E-state index in [1.54, 1.807) is 13.8 Å². The lowest BCUT2D eigenvalue weighted by Gasteiger charge is -2.24. The molecule has 0 rings (SSSR count). The predicted octanol–water partition coefficient (Wildman–Crippen LogP) is -2.91. The van der Waals surface area contributed by atoms with Gasteiger partial charge in [-0.2, -0.15) is 12.6 Å². The third-order valence-corrected chi connectivity index (χ3v) is 4.36. The minimum Gasteiger partial charge on any atom is -0.480 e. The number of rotatable bonds is 14. The van der Waals surface area contributed by atoms with Gasteiger partial charge in [0.05, 0.1) is 12.6 Å². The van der Waals surface area contributed by atoms with Gasteiger partial charge in [-0.1, -0.05) is 13.8 Å². The van der Waals surface area contributed by atoms with E-state index in [1.807, 2.05) is 0 Å². The molecule has 4 amide bonds. The van der Waals surface area contributed by atoms with E-state index in [4.69, 9.17) is 11.5 Å². The molecule has 0 aliphatic rings. The van der Waals surface area contributed by atoms with Crippen molar-refractivity contribution in [1.82, 2.24) is 16.0 Å². The van der Waals surface area contributed by atoms with E-state index < -0.39 is 60.4 Å². The van der Waals surface area contributed by atoms with E-state index in [-0.39, 0.29) is 30.9 Å². The maximum Gasteiger partial charge on any atom is 0.326 e. The number of amides is 4. The molecule has 4 unspecified atom stereocenters. The summed E-state index contributed by atoms with van der Waals surface area (Å²) in [5, 5.41) is 25.5. The molecule has 12 nitrogen and oxygen atoms in total. The predicted molar refractivity (Wildman–Crippen MR) is 110 cm³/mol. The number of carbonyl (C=O) groups is 5. The van der Waals surface area contributed by atoms with Crippen molar-refractivity contribution in [3.8, 4) is 0 Å². The van der Waals surface area contributed by atoms with Crippen LogP contribution in [0.15, 0.2) is 0 Å². The summed E-state index contributed by atoms with van der Waals surface area (Å²) < 4.78 is 0. The Hall–Kier alpha value is -2.38. The van der Waals surface area contributed by atoms with Crippen LogP contribution in [0.2, 0.25) is 0 Å². The van der Waals surface area contributed by atoms with Crippen molar-refractivity contribution < 1.29 is 34.2 Å². The van der Waals surface area contributed by atoms with Gasteiger partial charge in [0.2, 0.25) is 23.6 Å². The molecular formula is C17H31N5O7S. The number of aliphatic carboxylic acids is 1. The van der Waals surface area contributed by atoms with Crippen LogP contribution < -0.4 is 27.4 Å². The summed E-state index contributed by atoms with van der Waals surface area (Å²) in [6.45, 7) is 2.80. The summed E-state index contributed by atoms with van der Waals surface area (Å²) in [5.74, 6) is -4.47. The molecule has 0 aromatic rings. The highest BCUT2D eigenvalue weighted by molar-refractivity contribution is 7.80. The number of carbonyl (C=O) groups excluding carboxylic acids is 4. The molecule has 9 N–H and O–H groups in total. The van der Waals surface area contributed by atoms with E-state index in [1.165, 1.54) is 0 Å². The van der Waals surface area contributed by atoms with E-state index in [9.17, 15) is 34.2 Å². The first-order chi connectivity index (χ1) is 13.9. The van der Waals surface area contributed by atoms with Gasteiger partial charge in [0, 0.05) is 12.2 Å². The van der Waals surface area contributed by atoms with Crippen molar-refractivity contribution in [3.63, 3.8) is 0 Å². The molecule has 0 radical (unpaired) electrons. The molecule has 0 aliphatic carbocycles. The highest BCUT2D eigenvalue weighted by Gasteiger charge is 2.29. The average molecular weight is 450 g/mol. The Labute approximate surface area is 179 Å². The lowest BCUT2D eigenvalue weighted by atomic mass is 10.0. The van der Waals surface area contributed by atoms with Crippen LogP contribution in [-0.2, 0) is 24.0 Å². The normalized spacial score (nSPS) is 14.9. The SMILES string of the molecule is CC(C)CC(NC(=O)C(CS)NC(=O)C(CO)NC(=O)C(N)CCC(N)=O)C(=O)O. The number of nitrogens with one attached hydrogen (secondary N) is 3. The third kappa shape index (κ3) is 10.4. The third-order valence-electron chi connectivity index (χ3n) is 3.99. The summed E-state index contributed by atoms with van der Waals surface area (Å²) in [5.41, 5.74) is 10.6. The topological polar surface area (TPSA) is 214 Å². The van der Waals surface area contributed by atoms with Gasteiger partial charge in [0.25, 0.3) is 0 Å². The van der Waals surface area contributed by atoms with Crippen molar-refractivity contribution in [2.24, 2.45) is 17.4 Å². The fourth-order valence-corrected chi connectivity index (χ4v) is 2.59. The van der Waals surface area contributed by atoms with Crippen molar-refractivity contribution in [3.05, 3.63) is 0 Å². The standard InChI is InChI=1S/C17H31N5O7S/c1-8(2)5-10(17(28)29)20-16(27)12(7-30)22-15(26)11(6-23)21-14(25)9(18)3-4-13(19)24/h8-12,23,30H,3-7,18H2,1-2H3,(H2,19,24)(H,20,27)(H,21,25)(H,22,26)(H,28,29). The molecule has 0 fully saturated rings. The van der Waals surface area contributed by atoms with Crippen molar-refractivity contribution in [1.29, 1.82) is 0 Å². The molecule has 4 atom stereocenters. The zero-order valence-electron chi connectivity index (χ0n) is 17.0. The van der Waals surface area contributed by atoms with Crippen LogP contribution in [0.5, 0.6) is 0 Å². The number of aliphatic hydroxyl groups excluding tert-OH is 1. The Bertz CT molecular complexity index is 632. The molecular weight excluding hydrogens is 418 g/mol. The quantitative estimate of drug-likeness (QED) is 0.128. The first-order valence-electron chi connectivity index (χ1n) is 9.32. The Morgan fingerprint density at radius 3 is 1.87 bits per heavy atom. The number of primary amides is 1. The van der Waals surface area contributed by atoms with Gasteiger partial charge in [-0.15, -0.1) is 0 Å². The molecule has 0 saturated heterocycles. The molecule has 0 spiro atoms. The number of hydrogen-bond donors (Lipinski definition) is 8. The Kier molecular flexibility index (Phi) is 12.7. The Morgan fingerprint density at radius 2 is 1.43 bits per heavy atom. The molecule has 0 bridgehead atoms. The number of hydrogen-bond acceptors (Lipinski definition) is 8. The molecule has 0 aromatic heterocycles. The second-order valence-corrected chi connectivity index (χ2v) is 7.49. The molecule has 0 saturated carbocycles. The van der Waals surface area contributed by atoms with Gasteiger partial charge in [-0.05, 0) is 18.8 Å². The molecule has 172 valence electrons. The van der Waals surface area contributed by atoms with Gasteiger partial charge in [-0.25, -0.2) is 4.79 Å². The molecule has 30 heavy (non-hydrogen) atoms. The number of carboxylic acids is 1. The fourth-order valence-electron chi connectivity index (χ4n) is 2.33. The number of nitrogens with two attached hydrogens (primary N) is 2. The monoisotopic (exact) mass is 449 g/mol. The first kappa shape index (κ1) is 27.6. The summed E-state index contributed by atoms with van der Waals surface area (Å²) in [6, 6.07) is -4.90. The van der Waals surface area contributed by atoms with Gasteiger partial charge < -0.3 is 37.6 Å². The van der Waals surface area contributed by atoms with Crippen LogP contribution in [0.3, 0.4) is 0 Å². The second-order valence-electron chi connectivity index (χ2n) is 7.13. The van der Waals surface area contributed by atoms with Crippen LogP contribution in [0, 0.1) is 5.92 Å². The van der Waals surface area contributed by atoms with Gasteiger partial charge in [0.15, 0.2) is 0 Å². The van der Waals surface area contributed by atoms with Crippen LogP contribution in [-0.4, -0.2) is 76.3 Å². The summed E-state index contributed by atoms with van der Waals surface area (Å²) >= 11 is 3.98. The van der Waals surface area contributed by atoms with E-state index in [0.29, 0.717) is 0 Å². The van der Waals surface area contributed by atoms with Gasteiger partial charge >= 0.3 is 5.97 Å². The zero-order chi connectivity index (χ0) is 23.4. The summed E-state index contributed by atoms with van der Waals surface area (Å²) in [4.78, 5) is 58.7. The molecule has 0 heterocycles. The zero-order valence-corrected chi connectivity index (χ0v) is 17.9. The Balaban J connectivity index is 4.96. The highest BCUT2D eigenvalue weighted by Crippen LogP contribution is 2.06. The smallest absolute Gasteiger partial charge is 0.326 e. The molecule has 13 heteroatoms. The van der Waals surface area contributed by atoms with Crippen LogP contribution in [0.25, 0.3) is 0 Å². The van der Waals surface area contributed by atoms with Crippen molar-refractivity contribution in [2.75, 3.05) is 12.4 Å². The maximum atomic E-state index is 12.3. The largest absolute Gasteiger partial charge is 0.480 e. The Morgan fingerprint density at radius 1 is 0.933 bits per heavy atom. The molecule has 0 aromatic carbocycles. The van der Waals surface area contributed by atoms with Gasteiger partial charge in [-0.3, -0.25) is 19.2 Å². The van der Waals surface area contributed by atoms with Crippen LogP contribution >= 0.6 is 12.6 Å². The minimum absolute atomic E-state index is 0.00296.